The lowest BCUT2D eigenvalue weighted by atomic mass is 10.1. The van der Waals surface area contributed by atoms with Gasteiger partial charge >= 0.3 is 0 Å². The zero-order chi connectivity index (χ0) is 14.1. The highest BCUT2D eigenvalue weighted by molar-refractivity contribution is 6.33. The van der Waals surface area contributed by atoms with E-state index in [0.717, 1.165) is 17.5 Å². The highest BCUT2D eigenvalue weighted by atomic mass is 35.5. The van der Waals surface area contributed by atoms with Crippen molar-refractivity contribution in [3.63, 3.8) is 0 Å². The van der Waals surface area contributed by atoms with E-state index in [9.17, 15) is 0 Å². The Morgan fingerprint density at radius 2 is 1.85 bits per heavy atom. The predicted octanol–water partition coefficient (Wildman–Crippen LogP) is 4.73. The fourth-order valence-corrected chi connectivity index (χ4v) is 2.90. The zero-order valence-electron chi connectivity index (χ0n) is 11.0. The largest absolute Gasteiger partial charge is 0.490 e. The number of benzene rings is 1. The molecule has 5 heteroatoms. The van der Waals surface area contributed by atoms with Gasteiger partial charge in [-0.1, -0.05) is 11.6 Å². The summed E-state index contributed by atoms with van der Waals surface area (Å²) in [5, 5.41) is 0.0969. The molecule has 106 valence electrons. The van der Waals surface area contributed by atoms with Crippen LogP contribution in [0.15, 0.2) is 28.9 Å². The summed E-state index contributed by atoms with van der Waals surface area (Å²) in [6.45, 7) is 3.20. The van der Waals surface area contributed by atoms with Gasteiger partial charge in [-0.15, -0.1) is 11.6 Å². The Hall–Kier alpha value is -1.32. The molecule has 2 heterocycles. The lowest BCUT2D eigenvalue weighted by molar-refractivity contribution is 0.297. The van der Waals surface area contributed by atoms with Crippen LogP contribution in [0.5, 0.6) is 11.5 Å². The molecule has 0 amide bonds. The number of halogens is 2. The number of fused-ring (bicyclic) bond motifs is 1. The Kier molecular flexibility index (Phi) is 3.81. The fraction of sp³-hybridized carbons (Fsp3) is 0.333. The van der Waals surface area contributed by atoms with E-state index < -0.39 is 5.38 Å². The third-order valence-electron chi connectivity index (χ3n) is 3.27. The van der Waals surface area contributed by atoms with Gasteiger partial charge in [-0.25, -0.2) is 0 Å². The van der Waals surface area contributed by atoms with E-state index >= 15 is 0 Å². The molecular formula is C15H14Cl2O3. The molecule has 1 aliphatic heterocycles. The molecule has 0 saturated heterocycles. The van der Waals surface area contributed by atoms with E-state index in [-0.39, 0.29) is 0 Å². The van der Waals surface area contributed by atoms with Gasteiger partial charge in [0.1, 0.15) is 11.1 Å². The first-order valence-electron chi connectivity index (χ1n) is 6.44. The maximum Gasteiger partial charge on any atom is 0.162 e. The molecule has 3 rings (SSSR count). The van der Waals surface area contributed by atoms with Crippen molar-refractivity contribution in [1.29, 1.82) is 0 Å². The lowest BCUT2D eigenvalue weighted by Crippen LogP contribution is -1.98. The van der Waals surface area contributed by atoms with E-state index in [4.69, 9.17) is 37.1 Å². The van der Waals surface area contributed by atoms with Gasteiger partial charge in [0, 0.05) is 23.1 Å². The molecule has 0 aliphatic carbocycles. The SMILES string of the molecule is Cc1ccoc1C(Cl)c1cc2c(cc1Cl)OCCCO2. The van der Waals surface area contributed by atoms with Gasteiger partial charge in [-0.2, -0.15) is 0 Å². The Balaban J connectivity index is 2.01. The number of rotatable bonds is 2. The van der Waals surface area contributed by atoms with Crippen molar-refractivity contribution in [3.8, 4) is 11.5 Å². The molecule has 1 aromatic heterocycles. The van der Waals surface area contributed by atoms with E-state index in [0.29, 0.717) is 35.5 Å². The predicted molar refractivity (Wildman–Crippen MR) is 78.2 cm³/mol. The van der Waals surface area contributed by atoms with Crippen LogP contribution >= 0.6 is 23.2 Å². The van der Waals surface area contributed by atoms with Crippen molar-refractivity contribution in [2.45, 2.75) is 18.7 Å². The zero-order valence-corrected chi connectivity index (χ0v) is 12.5. The van der Waals surface area contributed by atoms with Crippen molar-refractivity contribution >= 4 is 23.2 Å². The van der Waals surface area contributed by atoms with Gasteiger partial charge in [0.25, 0.3) is 0 Å². The van der Waals surface area contributed by atoms with E-state index in [1.54, 1.807) is 12.3 Å². The van der Waals surface area contributed by atoms with Gasteiger partial charge in [0.2, 0.25) is 0 Å². The van der Waals surface area contributed by atoms with Crippen molar-refractivity contribution in [1.82, 2.24) is 0 Å². The molecular weight excluding hydrogens is 299 g/mol. The van der Waals surface area contributed by atoms with Crippen LogP contribution in [-0.4, -0.2) is 13.2 Å². The Morgan fingerprint density at radius 1 is 1.15 bits per heavy atom. The van der Waals surface area contributed by atoms with Crippen LogP contribution in [0.3, 0.4) is 0 Å². The van der Waals surface area contributed by atoms with E-state index in [1.807, 2.05) is 19.1 Å². The molecule has 20 heavy (non-hydrogen) atoms. The van der Waals surface area contributed by atoms with Crippen molar-refractivity contribution in [2.75, 3.05) is 13.2 Å². The van der Waals surface area contributed by atoms with Gasteiger partial charge < -0.3 is 13.9 Å². The highest BCUT2D eigenvalue weighted by Gasteiger charge is 2.23. The molecule has 0 radical (unpaired) electrons. The van der Waals surface area contributed by atoms with Crippen LogP contribution in [0.2, 0.25) is 5.02 Å². The minimum absolute atomic E-state index is 0.449. The third-order valence-corrected chi connectivity index (χ3v) is 4.03. The number of ether oxygens (including phenoxy) is 2. The average Bonchev–Trinajstić information content (AvgIpc) is 2.72. The second-order valence-electron chi connectivity index (χ2n) is 4.70. The molecule has 0 bridgehead atoms. The molecule has 1 unspecified atom stereocenters. The average molecular weight is 313 g/mol. The first-order valence-corrected chi connectivity index (χ1v) is 7.25. The van der Waals surface area contributed by atoms with E-state index in [2.05, 4.69) is 0 Å². The van der Waals surface area contributed by atoms with Crippen LogP contribution in [0.4, 0.5) is 0 Å². The molecule has 0 saturated carbocycles. The van der Waals surface area contributed by atoms with Gasteiger partial charge in [0.05, 0.1) is 19.5 Å². The summed E-state index contributed by atoms with van der Waals surface area (Å²) >= 11 is 12.8. The standard InChI is InChI=1S/C15H14Cl2O3/c1-9-3-6-20-15(9)14(17)10-7-12-13(8-11(10)16)19-5-2-4-18-12/h3,6-8,14H,2,4-5H2,1H3. The molecule has 0 N–H and O–H groups in total. The molecule has 0 fully saturated rings. The van der Waals surface area contributed by atoms with Gasteiger partial charge in [-0.05, 0) is 24.6 Å². The van der Waals surface area contributed by atoms with Crippen LogP contribution < -0.4 is 9.47 Å². The maximum atomic E-state index is 6.49. The summed E-state index contributed by atoms with van der Waals surface area (Å²) in [5.41, 5.74) is 1.75. The van der Waals surface area contributed by atoms with Crippen molar-refractivity contribution in [2.24, 2.45) is 0 Å². The van der Waals surface area contributed by atoms with Crippen LogP contribution in [0, 0.1) is 6.92 Å². The molecule has 1 aliphatic rings. The van der Waals surface area contributed by atoms with Crippen molar-refractivity contribution in [3.05, 3.63) is 46.4 Å². The first-order chi connectivity index (χ1) is 9.66. The monoisotopic (exact) mass is 312 g/mol. The molecule has 3 nitrogen and oxygen atoms in total. The second kappa shape index (κ2) is 5.58. The van der Waals surface area contributed by atoms with Crippen LogP contribution in [-0.2, 0) is 0 Å². The summed E-state index contributed by atoms with van der Waals surface area (Å²) in [7, 11) is 0. The molecule has 1 atom stereocenters. The summed E-state index contributed by atoms with van der Waals surface area (Å²) in [6.07, 6.45) is 2.47. The molecule has 0 spiro atoms. The summed E-state index contributed by atoms with van der Waals surface area (Å²) in [4.78, 5) is 0. The number of hydrogen-bond donors (Lipinski definition) is 0. The summed E-state index contributed by atoms with van der Waals surface area (Å²) in [6, 6.07) is 5.47. The van der Waals surface area contributed by atoms with Gasteiger partial charge in [0.15, 0.2) is 11.5 Å². The Morgan fingerprint density at radius 3 is 2.50 bits per heavy atom. The smallest absolute Gasteiger partial charge is 0.162 e. The van der Waals surface area contributed by atoms with E-state index in [1.165, 1.54) is 0 Å². The Bertz CT molecular complexity index is 622. The first kappa shape index (κ1) is 13.7. The number of hydrogen-bond acceptors (Lipinski definition) is 3. The normalized spacial score (nSPS) is 15.8. The van der Waals surface area contributed by atoms with Crippen LogP contribution in [0.25, 0.3) is 0 Å². The minimum atomic E-state index is -0.449. The summed E-state index contributed by atoms with van der Waals surface area (Å²) in [5.74, 6) is 2.04. The Labute approximate surface area is 127 Å². The van der Waals surface area contributed by atoms with Crippen LogP contribution in [0.1, 0.15) is 28.7 Å². The lowest BCUT2D eigenvalue weighted by Gasteiger charge is -2.14. The highest BCUT2D eigenvalue weighted by Crippen LogP contribution is 2.42. The third kappa shape index (κ3) is 2.48. The minimum Gasteiger partial charge on any atom is -0.490 e. The number of furan rings is 1. The second-order valence-corrected chi connectivity index (χ2v) is 5.54. The topological polar surface area (TPSA) is 31.6 Å². The molecule has 1 aromatic carbocycles. The number of aryl methyl sites for hydroxylation is 1. The maximum absolute atomic E-state index is 6.49. The molecule has 2 aromatic rings. The van der Waals surface area contributed by atoms with Gasteiger partial charge in [-0.3, -0.25) is 0 Å². The summed E-state index contributed by atoms with van der Waals surface area (Å²) < 4.78 is 16.7. The van der Waals surface area contributed by atoms with Crippen molar-refractivity contribution < 1.29 is 13.9 Å². The quantitative estimate of drug-likeness (QED) is 0.751. The fourth-order valence-electron chi connectivity index (χ4n) is 2.18. The number of alkyl halides is 1.